The maximum Gasteiger partial charge on any atom is 0.256 e. The minimum absolute atomic E-state index is 0.195. The number of hydrogen-bond acceptors (Lipinski definition) is 4. The second kappa shape index (κ2) is 6.72. The molecular formula is C21H20N4O2. The molecule has 0 aliphatic carbocycles. The largest absolute Gasteiger partial charge is 0.463 e. The molecule has 3 heterocycles. The minimum Gasteiger partial charge on any atom is -0.463 e. The van der Waals surface area contributed by atoms with Crippen LogP contribution in [0.15, 0.2) is 53.1 Å². The van der Waals surface area contributed by atoms with Crippen LogP contribution in [-0.4, -0.2) is 20.7 Å². The van der Waals surface area contributed by atoms with Crippen LogP contribution in [-0.2, 0) is 13.5 Å². The summed E-state index contributed by atoms with van der Waals surface area (Å²) in [6.07, 6.45) is 2.50. The Morgan fingerprint density at radius 2 is 2.07 bits per heavy atom. The Labute approximate surface area is 156 Å². The molecule has 3 aromatic heterocycles. The Hall–Kier alpha value is -3.41. The number of aryl methyl sites for hydroxylation is 3. The fraction of sp³-hybridized carbons (Fsp3) is 0.190. The predicted octanol–water partition coefficient (Wildman–Crippen LogP) is 4.35. The molecule has 0 unspecified atom stereocenters. The van der Waals surface area contributed by atoms with Crippen LogP contribution in [0.3, 0.4) is 0 Å². The molecule has 0 aliphatic heterocycles. The monoisotopic (exact) mass is 360 g/mol. The summed E-state index contributed by atoms with van der Waals surface area (Å²) in [7, 11) is 1.82. The fourth-order valence-corrected chi connectivity index (χ4v) is 3.24. The van der Waals surface area contributed by atoms with Crippen LogP contribution in [0.2, 0.25) is 0 Å². The second-order valence-corrected chi connectivity index (χ2v) is 6.45. The molecule has 27 heavy (non-hydrogen) atoms. The number of fused-ring (bicyclic) bond motifs is 1. The highest BCUT2D eigenvalue weighted by Crippen LogP contribution is 2.27. The lowest BCUT2D eigenvalue weighted by atomic mass is 10.1. The van der Waals surface area contributed by atoms with E-state index in [1.54, 1.807) is 23.1 Å². The van der Waals surface area contributed by atoms with Gasteiger partial charge in [-0.1, -0.05) is 19.1 Å². The number of carbonyl (C=O) groups is 1. The highest BCUT2D eigenvalue weighted by molar-refractivity contribution is 6.13. The number of hydrogen-bond donors (Lipinski definition) is 1. The number of benzene rings is 1. The molecule has 0 aliphatic rings. The molecule has 0 saturated carbocycles. The van der Waals surface area contributed by atoms with Gasteiger partial charge in [-0.05, 0) is 49.2 Å². The average Bonchev–Trinajstić information content (AvgIpc) is 3.30. The number of anilines is 1. The molecule has 0 saturated heterocycles. The van der Waals surface area contributed by atoms with Gasteiger partial charge in [0.25, 0.3) is 5.91 Å². The molecule has 1 aromatic carbocycles. The molecule has 0 bridgehead atoms. The van der Waals surface area contributed by atoms with Gasteiger partial charge in [0.05, 0.1) is 22.9 Å². The van der Waals surface area contributed by atoms with E-state index < -0.39 is 0 Å². The van der Waals surface area contributed by atoms with Crippen molar-refractivity contribution in [1.29, 1.82) is 0 Å². The van der Waals surface area contributed by atoms with E-state index in [9.17, 15) is 4.79 Å². The SMILES string of the molecule is CCc1cccc(NC(=O)c2cc(-c3ccco3)nc3c2c(C)nn3C)c1. The van der Waals surface area contributed by atoms with Crippen LogP contribution in [0.1, 0.15) is 28.5 Å². The molecule has 0 radical (unpaired) electrons. The zero-order chi connectivity index (χ0) is 19.0. The van der Waals surface area contributed by atoms with Gasteiger partial charge in [0, 0.05) is 12.7 Å². The van der Waals surface area contributed by atoms with Crippen molar-refractivity contribution in [2.45, 2.75) is 20.3 Å². The molecule has 136 valence electrons. The number of nitrogens with zero attached hydrogens (tertiary/aromatic N) is 3. The van der Waals surface area contributed by atoms with Gasteiger partial charge in [-0.3, -0.25) is 9.48 Å². The third kappa shape index (κ3) is 3.10. The fourth-order valence-electron chi connectivity index (χ4n) is 3.24. The summed E-state index contributed by atoms with van der Waals surface area (Å²) in [4.78, 5) is 17.7. The van der Waals surface area contributed by atoms with Crippen molar-refractivity contribution in [3.63, 3.8) is 0 Å². The lowest BCUT2D eigenvalue weighted by Crippen LogP contribution is -2.13. The quantitative estimate of drug-likeness (QED) is 0.587. The summed E-state index contributed by atoms with van der Waals surface area (Å²) in [5.74, 6) is 0.414. The summed E-state index contributed by atoms with van der Waals surface area (Å²) in [5.41, 5.74) is 4.47. The summed E-state index contributed by atoms with van der Waals surface area (Å²) >= 11 is 0. The number of pyridine rings is 1. The molecule has 0 atom stereocenters. The van der Waals surface area contributed by atoms with E-state index in [1.165, 1.54) is 5.56 Å². The van der Waals surface area contributed by atoms with Crippen LogP contribution in [0, 0.1) is 6.92 Å². The second-order valence-electron chi connectivity index (χ2n) is 6.45. The van der Waals surface area contributed by atoms with E-state index in [1.807, 2.05) is 44.3 Å². The van der Waals surface area contributed by atoms with Crippen molar-refractivity contribution in [2.75, 3.05) is 5.32 Å². The Balaban J connectivity index is 1.82. The lowest BCUT2D eigenvalue weighted by Gasteiger charge is -2.09. The van der Waals surface area contributed by atoms with E-state index >= 15 is 0 Å². The first-order valence-electron chi connectivity index (χ1n) is 8.85. The molecule has 0 spiro atoms. The molecule has 6 nitrogen and oxygen atoms in total. The summed E-state index contributed by atoms with van der Waals surface area (Å²) in [6, 6.07) is 13.2. The van der Waals surface area contributed by atoms with Crippen LogP contribution in [0.5, 0.6) is 0 Å². The Kier molecular flexibility index (Phi) is 4.24. The topological polar surface area (TPSA) is 73.0 Å². The van der Waals surface area contributed by atoms with Gasteiger partial charge in [0.2, 0.25) is 0 Å². The van der Waals surface area contributed by atoms with Crippen LogP contribution < -0.4 is 5.32 Å². The summed E-state index contributed by atoms with van der Waals surface area (Å²) in [5, 5.41) is 8.18. The van der Waals surface area contributed by atoms with Gasteiger partial charge < -0.3 is 9.73 Å². The van der Waals surface area contributed by atoms with Gasteiger partial charge >= 0.3 is 0 Å². The van der Waals surface area contributed by atoms with Crippen molar-refractivity contribution in [2.24, 2.45) is 7.05 Å². The van der Waals surface area contributed by atoms with Crippen molar-refractivity contribution >= 4 is 22.6 Å². The van der Waals surface area contributed by atoms with Crippen LogP contribution in [0.25, 0.3) is 22.5 Å². The van der Waals surface area contributed by atoms with Gasteiger partial charge in [-0.2, -0.15) is 5.10 Å². The highest BCUT2D eigenvalue weighted by Gasteiger charge is 2.20. The van der Waals surface area contributed by atoms with Crippen LogP contribution >= 0.6 is 0 Å². The number of amides is 1. The Morgan fingerprint density at radius 3 is 2.81 bits per heavy atom. The van der Waals surface area contributed by atoms with Crippen molar-refractivity contribution in [1.82, 2.24) is 14.8 Å². The number of aromatic nitrogens is 3. The van der Waals surface area contributed by atoms with Gasteiger partial charge in [0.15, 0.2) is 11.4 Å². The molecule has 4 rings (SSSR count). The Morgan fingerprint density at radius 1 is 1.22 bits per heavy atom. The normalized spacial score (nSPS) is 11.1. The zero-order valence-electron chi connectivity index (χ0n) is 15.5. The number of furan rings is 1. The van der Waals surface area contributed by atoms with E-state index in [0.717, 1.165) is 23.2 Å². The average molecular weight is 360 g/mol. The Bertz CT molecular complexity index is 1130. The van der Waals surface area contributed by atoms with Gasteiger partial charge in [0.1, 0.15) is 5.69 Å². The first kappa shape index (κ1) is 17.0. The molecular weight excluding hydrogens is 340 g/mol. The number of rotatable bonds is 4. The van der Waals surface area contributed by atoms with E-state index in [-0.39, 0.29) is 5.91 Å². The summed E-state index contributed by atoms with van der Waals surface area (Å²) < 4.78 is 7.16. The van der Waals surface area contributed by atoms with Crippen molar-refractivity contribution < 1.29 is 9.21 Å². The maximum absolute atomic E-state index is 13.1. The third-order valence-electron chi connectivity index (χ3n) is 4.58. The lowest BCUT2D eigenvalue weighted by molar-refractivity contribution is 0.102. The van der Waals surface area contributed by atoms with E-state index in [0.29, 0.717) is 22.7 Å². The smallest absolute Gasteiger partial charge is 0.256 e. The van der Waals surface area contributed by atoms with Gasteiger partial charge in [-0.15, -0.1) is 0 Å². The summed E-state index contributed by atoms with van der Waals surface area (Å²) in [6.45, 7) is 3.97. The molecule has 1 N–H and O–H groups in total. The maximum atomic E-state index is 13.1. The molecule has 6 heteroatoms. The first-order chi connectivity index (χ1) is 13.1. The third-order valence-corrected chi connectivity index (χ3v) is 4.58. The van der Waals surface area contributed by atoms with Gasteiger partial charge in [-0.25, -0.2) is 4.98 Å². The highest BCUT2D eigenvalue weighted by atomic mass is 16.3. The van der Waals surface area contributed by atoms with E-state index in [4.69, 9.17) is 4.42 Å². The number of nitrogens with one attached hydrogen (secondary N) is 1. The number of carbonyl (C=O) groups excluding carboxylic acids is 1. The molecule has 1 amide bonds. The first-order valence-corrected chi connectivity index (χ1v) is 8.85. The zero-order valence-corrected chi connectivity index (χ0v) is 15.5. The molecule has 0 fully saturated rings. The predicted molar refractivity (Wildman–Crippen MR) is 105 cm³/mol. The van der Waals surface area contributed by atoms with Crippen molar-refractivity contribution in [3.8, 4) is 11.5 Å². The minimum atomic E-state index is -0.195. The van der Waals surface area contributed by atoms with E-state index in [2.05, 4.69) is 22.3 Å². The standard InChI is InChI=1S/C21H20N4O2/c1-4-14-7-5-8-15(11-14)22-21(26)16-12-17(18-9-6-10-27-18)23-20-19(16)13(2)24-25(20)3/h5-12H,4H2,1-3H3,(H,22,26). The van der Waals surface area contributed by atoms with Crippen LogP contribution in [0.4, 0.5) is 5.69 Å². The van der Waals surface area contributed by atoms with Crippen molar-refractivity contribution in [3.05, 3.63) is 65.5 Å². The molecule has 4 aromatic rings.